The Labute approximate surface area is 191 Å². The molecule has 0 aliphatic carbocycles. The van der Waals surface area contributed by atoms with Gasteiger partial charge in [0.05, 0.1) is 18.1 Å². The summed E-state index contributed by atoms with van der Waals surface area (Å²) in [6.45, 7) is 6.97. The molecule has 1 fully saturated rings. The first-order valence-electron chi connectivity index (χ1n) is 9.98. The highest BCUT2D eigenvalue weighted by Gasteiger charge is 2.33. The van der Waals surface area contributed by atoms with Crippen molar-refractivity contribution in [1.82, 2.24) is 10.4 Å². The van der Waals surface area contributed by atoms with Crippen molar-refractivity contribution < 1.29 is 19.1 Å². The van der Waals surface area contributed by atoms with E-state index in [9.17, 15) is 9.59 Å². The molecule has 1 N–H and O–H groups in total. The van der Waals surface area contributed by atoms with E-state index in [0.29, 0.717) is 35.2 Å². The molecule has 162 valence electrons. The smallest absolute Gasteiger partial charge is 0.285 e. The third-order valence-corrected chi connectivity index (χ3v) is 5.65. The molecule has 0 aromatic heterocycles. The number of hydrogen-bond acceptors (Lipinski definition) is 6. The number of hydrazine groups is 1. The first-order valence-corrected chi connectivity index (χ1v) is 11.2. The van der Waals surface area contributed by atoms with E-state index in [0.717, 1.165) is 34.3 Å². The summed E-state index contributed by atoms with van der Waals surface area (Å²) in [4.78, 5) is 25.7. The fraction of sp³-hybridized carbons (Fsp3) is 0.261. The second kappa shape index (κ2) is 10.5. The average Bonchev–Trinajstić information content (AvgIpc) is 3.01. The number of thiocarbonyl (C=S) groups is 1. The second-order valence-corrected chi connectivity index (χ2v) is 8.49. The lowest BCUT2D eigenvalue weighted by atomic mass is 10.1. The average molecular weight is 457 g/mol. The zero-order chi connectivity index (χ0) is 22.4. The van der Waals surface area contributed by atoms with Crippen LogP contribution in [-0.4, -0.2) is 34.4 Å². The fourth-order valence-electron chi connectivity index (χ4n) is 2.80. The number of aryl methyl sites for hydroxylation is 1. The minimum Gasteiger partial charge on any atom is -0.490 e. The van der Waals surface area contributed by atoms with E-state index in [1.54, 1.807) is 18.2 Å². The highest BCUT2D eigenvalue weighted by molar-refractivity contribution is 8.26. The second-order valence-electron chi connectivity index (χ2n) is 6.81. The lowest BCUT2D eigenvalue weighted by molar-refractivity contribution is -0.123. The summed E-state index contributed by atoms with van der Waals surface area (Å²) in [7, 11) is 0. The van der Waals surface area contributed by atoms with Crippen LogP contribution in [0.25, 0.3) is 6.08 Å². The van der Waals surface area contributed by atoms with Gasteiger partial charge in [-0.1, -0.05) is 42.4 Å². The molecular formula is C23H24N2O4S2. The van der Waals surface area contributed by atoms with Gasteiger partial charge in [-0.15, -0.1) is 0 Å². The molecule has 1 aliphatic rings. The highest BCUT2D eigenvalue weighted by Crippen LogP contribution is 2.34. The van der Waals surface area contributed by atoms with Gasteiger partial charge in [0.25, 0.3) is 11.8 Å². The predicted octanol–water partition coefficient (Wildman–Crippen LogP) is 4.73. The lowest BCUT2D eigenvalue weighted by Gasteiger charge is -2.15. The fourth-order valence-corrected chi connectivity index (χ4v) is 3.98. The van der Waals surface area contributed by atoms with E-state index in [1.165, 1.54) is 0 Å². The predicted molar refractivity (Wildman–Crippen MR) is 127 cm³/mol. The van der Waals surface area contributed by atoms with E-state index >= 15 is 0 Å². The van der Waals surface area contributed by atoms with Crippen LogP contribution in [0.4, 0.5) is 0 Å². The topological polar surface area (TPSA) is 67.9 Å². The number of carbonyl (C=O) groups is 2. The van der Waals surface area contributed by atoms with Gasteiger partial charge in [0.15, 0.2) is 15.8 Å². The van der Waals surface area contributed by atoms with Gasteiger partial charge in [-0.3, -0.25) is 15.0 Å². The monoisotopic (exact) mass is 456 g/mol. The summed E-state index contributed by atoms with van der Waals surface area (Å²) in [6.07, 6.45) is 2.62. The van der Waals surface area contributed by atoms with Gasteiger partial charge in [-0.25, -0.2) is 0 Å². The third-order valence-electron chi connectivity index (χ3n) is 4.35. The van der Waals surface area contributed by atoms with Gasteiger partial charge in [0.1, 0.15) is 0 Å². The molecule has 0 bridgehead atoms. The summed E-state index contributed by atoms with van der Waals surface area (Å²) in [5.41, 5.74) is 4.86. The molecule has 2 aromatic rings. The summed E-state index contributed by atoms with van der Waals surface area (Å²) >= 11 is 6.44. The molecular weight excluding hydrogens is 432 g/mol. The van der Waals surface area contributed by atoms with E-state index in [2.05, 4.69) is 5.43 Å². The van der Waals surface area contributed by atoms with Crippen LogP contribution >= 0.6 is 24.0 Å². The van der Waals surface area contributed by atoms with Gasteiger partial charge in [-0.05, 0) is 68.4 Å². The molecule has 1 aliphatic heterocycles. The third kappa shape index (κ3) is 5.65. The quantitative estimate of drug-likeness (QED) is 0.458. The SMILES string of the molecule is CCCOc1ccc(/C=C2\SC(=S)N(NC(=O)c3ccc(C)cc3)C2=O)cc1OCC. The summed E-state index contributed by atoms with van der Waals surface area (Å²) < 4.78 is 11.7. The summed E-state index contributed by atoms with van der Waals surface area (Å²) in [5.74, 6) is 0.514. The maximum Gasteiger partial charge on any atom is 0.285 e. The molecule has 1 saturated heterocycles. The normalized spacial score (nSPS) is 14.8. The molecule has 2 aromatic carbocycles. The van der Waals surface area contributed by atoms with Crippen LogP contribution < -0.4 is 14.9 Å². The standard InChI is InChI=1S/C23H24N2O4S2/c1-4-12-29-18-11-8-16(13-19(18)28-5-2)14-20-22(27)25(23(30)31-20)24-21(26)17-9-6-15(3)7-10-17/h6-11,13-14H,4-5,12H2,1-3H3,(H,24,26)/b20-14-. The van der Waals surface area contributed by atoms with Gasteiger partial charge >= 0.3 is 0 Å². The number of hydrogen-bond donors (Lipinski definition) is 1. The number of nitrogens with one attached hydrogen (secondary N) is 1. The molecule has 0 spiro atoms. The summed E-state index contributed by atoms with van der Waals surface area (Å²) in [5, 5.41) is 1.11. The maximum atomic E-state index is 12.8. The van der Waals surface area contributed by atoms with Crippen molar-refractivity contribution in [1.29, 1.82) is 0 Å². The summed E-state index contributed by atoms with van der Waals surface area (Å²) in [6, 6.07) is 12.6. The number of rotatable bonds is 8. The van der Waals surface area contributed by atoms with Crippen molar-refractivity contribution in [3.8, 4) is 11.5 Å². The largest absolute Gasteiger partial charge is 0.490 e. The Balaban J connectivity index is 1.77. The number of benzene rings is 2. The van der Waals surface area contributed by atoms with Crippen LogP contribution in [0.5, 0.6) is 11.5 Å². The van der Waals surface area contributed by atoms with Gasteiger partial charge < -0.3 is 9.47 Å². The number of thioether (sulfide) groups is 1. The van der Waals surface area contributed by atoms with Crippen LogP contribution in [0.3, 0.4) is 0 Å². The Morgan fingerprint density at radius 3 is 2.55 bits per heavy atom. The molecule has 0 atom stereocenters. The van der Waals surface area contributed by atoms with E-state index in [1.807, 2.05) is 51.1 Å². The van der Waals surface area contributed by atoms with E-state index in [-0.39, 0.29) is 10.2 Å². The van der Waals surface area contributed by atoms with Crippen molar-refractivity contribution in [2.24, 2.45) is 0 Å². The molecule has 0 radical (unpaired) electrons. The van der Waals surface area contributed by atoms with Crippen molar-refractivity contribution in [2.75, 3.05) is 13.2 Å². The number of nitrogens with zero attached hydrogens (tertiary/aromatic N) is 1. The Morgan fingerprint density at radius 2 is 1.87 bits per heavy atom. The zero-order valence-corrected chi connectivity index (χ0v) is 19.3. The maximum absolute atomic E-state index is 12.8. The molecule has 6 nitrogen and oxygen atoms in total. The number of amides is 2. The van der Waals surface area contributed by atoms with Gasteiger partial charge in [0.2, 0.25) is 0 Å². The van der Waals surface area contributed by atoms with Gasteiger partial charge in [0, 0.05) is 5.56 Å². The van der Waals surface area contributed by atoms with E-state index < -0.39 is 5.91 Å². The number of carbonyl (C=O) groups excluding carboxylic acids is 2. The van der Waals surface area contributed by atoms with Crippen molar-refractivity contribution in [3.63, 3.8) is 0 Å². The molecule has 2 amide bonds. The van der Waals surface area contributed by atoms with Crippen LogP contribution in [0.15, 0.2) is 47.4 Å². The van der Waals surface area contributed by atoms with E-state index in [4.69, 9.17) is 21.7 Å². The molecule has 0 saturated carbocycles. The van der Waals surface area contributed by atoms with Crippen LogP contribution in [-0.2, 0) is 4.79 Å². The van der Waals surface area contributed by atoms with Crippen LogP contribution in [0.1, 0.15) is 41.8 Å². The minimum absolute atomic E-state index is 0.268. The Bertz CT molecular complexity index is 1020. The zero-order valence-electron chi connectivity index (χ0n) is 17.6. The highest BCUT2D eigenvalue weighted by atomic mass is 32.2. The Kier molecular flexibility index (Phi) is 7.70. The van der Waals surface area contributed by atoms with Crippen molar-refractivity contribution in [2.45, 2.75) is 27.2 Å². The van der Waals surface area contributed by atoms with Crippen LogP contribution in [0, 0.1) is 6.92 Å². The molecule has 8 heteroatoms. The first kappa shape index (κ1) is 22.8. The first-order chi connectivity index (χ1) is 14.9. The number of ether oxygens (including phenoxy) is 2. The van der Waals surface area contributed by atoms with Crippen molar-refractivity contribution >= 4 is 46.2 Å². The molecule has 3 rings (SSSR count). The van der Waals surface area contributed by atoms with Gasteiger partial charge in [-0.2, -0.15) is 5.01 Å². The lowest BCUT2D eigenvalue weighted by Crippen LogP contribution is -2.44. The van der Waals surface area contributed by atoms with Crippen LogP contribution in [0.2, 0.25) is 0 Å². The molecule has 0 unspecified atom stereocenters. The molecule has 31 heavy (non-hydrogen) atoms. The Hall–Kier alpha value is -2.84. The minimum atomic E-state index is -0.395. The van der Waals surface area contributed by atoms with Crippen molar-refractivity contribution in [3.05, 3.63) is 64.1 Å². The Morgan fingerprint density at radius 1 is 1.13 bits per heavy atom. The molecule has 1 heterocycles.